The second-order valence-corrected chi connectivity index (χ2v) is 6.20. The predicted octanol–water partition coefficient (Wildman–Crippen LogP) is 4.26. The SMILES string of the molecule is O=C(Cc1cnn(Cc2ccccc2Cl)c1)c1cc(-c2ccco2)on1. The Kier molecular flexibility index (Phi) is 4.41. The summed E-state index contributed by atoms with van der Waals surface area (Å²) in [7, 11) is 0. The lowest BCUT2D eigenvalue weighted by atomic mass is 10.1. The van der Waals surface area contributed by atoms with Crippen LogP contribution in [0.2, 0.25) is 5.02 Å². The summed E-state index contributed by atoms with van der Waals surface area (Å²) in [5.41, 5.74) is 2.02. The molecule has 3 heterocycles. The minimum atomic E-state index is -0.149. The number of hydrogen-bond acceptors (Lipinski definition) is 5. The zero-order valence-corrected chi connectivity index (χ0v) is 14.4. The van der Waals surface area contributed by atoms with E-state index in [4.69, 9.17) is 20.5 Å². The van der Waals surface area contributed by atoms with Crippen LogP contribution in [-0.4, -0.2) is 20.7 Å². The van der Waals surface area contributed by atoms with Crippen LogP contribution in [0, 0.1) is 0 Å². The lowest BCUT2D eigenvalue weighted by Crippen LogP contribution is -2.03. The Balaban J connectivity index is 1.44. The van der Waals surface area contributed by atoms with Crippen molar-refractivity contribution in [1.29, 1.82) is 0 Å². The molecule has 1 aromatic carbocycles. The molecule has 0 unspecified atom stereocenters. The first-order chi connectivity index (χ1) is 12.7. The molecule has 7 heteroatoms. The van der Waals surface area contributed by atoms with E-state index < -0.39 is 0 Å². The molecular formula is C19H14ClN3O3. The summed E-state index contributed by atoms with van der Waals surface area (Å²) in [6, 6.07) is 12.7. The molecule has 0 saturated heterocycles. The van der Waals surface area contributed by atoms with E-state index >= 15 is 0 Å². The van der Waals surface area contributed by atoms with Crippen LogP contribution >= 0.6 is 11.6 Å². The van der Waals surface area contributed by atoms with Crippen LogP contribution in [0.5, 0.6) is 0 Å². The van der Waals surface area contributed by atoms with Crippen LogP contribution < -0.4 is 0 Å². The van der Waals surface area contributed by atoms with Gasteiger partial charge in [0.25, 0.3) is 0 Å². The molecule has 0 spiro atoms. The lowest BCUT2D eigenvalue weighted by molar-refractivity contribution is 0.0984. The molecule has 0 radical (unpaired) electrons. The minimum absolute atomic E-state index is 0.149. The molecule has 0 aliphatic carbocycles. The van der Waals surface area contributed by atoms with Crippen LogP contribution in [0.3, 0.4) is 0 Å². The lowest BCUT2D eigenvalue weighted by Gasteiger charge is -2.03. The van der Waals surface area contributed by atoms with Crippen molar-refractivity contribution in [3.05, 3.63) is 83.0 Å². The van der Waals surface area contributed by atoms with Gasteiger partial charge < -0.3 is 8.94 Å². The highest BCUT2D eigenvalue weighted by Gasteiger charge is 2.16. The highest BCUT2D eigenvalue weighted by molar-refractivity contribution is 6.31. The second kappa shape index (κ2) is 7.01. The van der Waals surface area contributed by atoms with E-state index in [0.717, 1.165) is 11.1 Å². The molecule has 0 fully saturated rings. The number of furan rings is 1. The van der Waals surface area contributed by atoms with Crippen LogP contribution in [0.15, 0.2) is 70.1 Å². The summed E-state index contributed by atoms with van der Waals surface area (Å²) in [4.78, 5) is 12.4. The summed E-state index contributed by atoms with van der Waals surface area (Å²) in [6.07, 6.45) is 5.22. The summed E-state index contributed by atoms with van der Waals surface area (Å²) in [5.74, 6) is 0.806. The number of carbonyl (C=O) groups is 1. The molecule has 0 aliphatic heterocycles. The maximum Gasteiger partial charge on any atom is 0.202 e. The van der Waals surface area contributed by atoms with Gasteiger partial charge in [-0.15, -0.1) is 0 Å². The highest BCUT2D eigenvalue weighted by Crippen LogP contribution is 2.21. The van der Waals surface area contributed by atoms with E-state index in [1.807, 2.05) is 30.5 Å². The smallest absolute Gasteiger partial charge is 0.202 e. The first-order valence-electron chi connectivity index (χ1n) is 7.97. The number of benzene rings is 1. The Hall–Kier alpha value is -3.12. The zero-order chi connectivity index (χ0) is 17.9. The number of hydrogen-bond donors (Lipinski definition) is 0. The van der Waals surface area contributed by atoms with E-state index in [1.165, 1.54) is 6.26 Å². The van der Waals surface area contributed by atoms with E-state index in [0.29, 0.717) is 23.1 Å². The van der Waals surface area contributed by atoms with Crippen molar-refractivity contribution < 1.29 is 13.7 Å². The van der Waals surface area contributed by atoms with Crippen molar-refractivity contribution in [2.24, 2.45) is 0 Å². The van der Waals surface area contributed by atoms with Gasteiger partial charge in [-0.2, -0.15) is 5.10 Å². The van der Waals surface area contributed by atoms with E-state index in [1.54, 1.807) is 29.1 Å². The molecule has 0 bridgehead atoms. The molecule has 6 nitrogen and oxygen atoms in total. The number of rotatable bonds is 6. The maximum absolute atomic E-state index is 12.4. The Morgan fingerprint density at radius 2 is 2.04 bits per heavy atom. The quantitative estimate of drug-likeness (QED) is 0.476. The summed E-state index contributed by atoms with van der Waals surface area (Å²) in [6.45, 7) is 0.542. The average molecular weight is 368 g/mol. The fourth-order valence-electron chi connectivity index (χ4n) is 2.60. The first-order valence-corrected chi connectivity index (χ1v) is 8.35. The van der Waals surface area contributed by atoms with Crippen molar-refractivity contribution in [2.45, 2.75) is 13.0 Å². The number of carbonyl (C=O) groups excluding carboxylic acids is 1. The van der Waals surface area contributed by atoms with Gasteiger partial charge in [-0.1, -0.05) is 35.0 Å². The number of halogens is 1. The molecule has 4 aromatic rings. The van der Waals surface area contributed by atoms with Gasteiger partial charge in [-0.3, -0.25) is 9.48 Å². The van der Waals surface area contributed by atoms with Gasteiger partial charge >= 0.3 is 0 Å². The highest BCUT2D eigenvalue weighted by atomic mass is 35.5. The molecule has 26 heavy (non-hydrogen) atoms. The minimum Gasteiger partial charge on any atom is -0.461 e. The summed E-state index contributed by atoms with van der Waals surface area (Å²) in [5, 5.41) is 8.81. The Labute approximate surface area is 154 Å². The average Bonchev–Trinajstić information content (AvgIpc) is 3.38. The third-order valence-corrected chi connectivity index (χ3v) is 4.27. The van der Waals surface area contributed by atoms with Gasteiger partial charge in [0.1, 0.15) is 0 Å². The van der Waals surface area contributed by atoms with Gasteiger partial charge in [0.15, 0.2) is 17.2 Å². The normalized spacial score (nSPS) is 11.0. The summed E-state index contributed by atoms with van der Waals surface area (Å²) >= 11 is 6.17. The molecule has 3 aromatic heterocycles. The molecule has 0 N–H and O–H groups in total. The third-order valence-electron chi connectivity index (χ3n) is 3.90. The fourth-order valence-corrected chi connectivity index (χ4v) is 2.80. The Morgan fingerprint density at radius 3 is 2.85 bits per heavy atom. The predicted molar refractivity (Wildman–Crippen MR) is 95.0 cm³/mol. The molecule has 0 atom stereocenters. The van der Waals surface area contributed by atoms with Crippen molar-refractivity contribution >= 4 is 17.4 Å². The maximum atomic E-state index is 12.4. The van der Waals surface area contributed by atoms with Crippen LogP contribution in [-0.2, 0) is 13.0 Å². The van der Waals surface area contributed by atoms with E-state index in [2.05, 4.69) is 10.3 Å². The fraction of sp³-hybridized carbons (Fsp3) is 0.105. The molecular weight excluding hydrogens is 354 g/mol. The van der Waals surface area contributed by atoms with Crippen molar-refractivity contribution in [3.8, 4) is 11.5 Å². The number of nitrogens with zero attached hydrogens (tertiary/aromatic N) is 3. The molecule has 0 saturated carbocycles. The zero-order valence-electron chi connectivity index (χ0n) is 13.6. The van der Waals surface area contributed by atoms with Crippen LogP contribution in [0.25, 0.3) is 11.5 Å². The number of ketones is 1. The van der Waals surface area contributed by atoms with Gasteiger partial charge in [-0.25, -0.2) is 0 Å². The van der Waals surface area contributed by atoms with Crippen molar-refractivity contribution in [1.82, 2.24) is 14.9 Å². The Bertz CT molecular complexity index is 1030. The summed E-state index contributed by atoms with van der Waals surface area (Å²) < 4.78 is 12.1. The van der Waals surface area contributed by atoms with E-state index in [9.17, 15) is 4.79 Å². The third kappa shape index (κ3) is 3.45. The topological polar surface area (TPSA) is 74.1 Å². The van der Waals surface area contributed by atoms with Gasteiger partial charge in [0, 0.05) is 23.7 Å². The van der Waals surface area contributed by atoms with Gasteiger partial charge in [0.2, 0.25) is 5.76 Å². The number of aromatic nitrogens is 3. The number of Topliss-reactive ketones (excluding diaryl/α,β-unsaturated/α-hetero) is 1. The molecule has 0 aliphatic rings. The largest absolute Gasteiger partial charge is 0.461 e. The van der Waals surface area contributed by atoms with Crippen LogP contribution in [0.4, 0.5) is 0 Å². The van der Waals surface area contributed by atoms with Crippen LogP contribution in [0.1, 0.15) is 21.6 Å². The van der Waals surface area contributed by atoms with Crippen molar-refractivity contribution in [3.63, 3.8) is 0 Å². The molecule has 4 rings (SSSR count). The van der Waals surface area contributed by atoms with Gasteiger partial charge in [0.05, 0.1) is 19.0 Å². The first kappa shape index (κ1) is 16.4. The molecule has 0 amide bonds. The van der Waals surface area contributed by atoms with Crippen molar-refractivity contribution in [2.75, 3.05) is 0 Å². The molecule has 130 valence electrons. The van der Waals surface area contributed by atoms with E-state index in [-0.39, 0.29) is 17.9 Å². The second-order valence-electron chi connectivity index (χ2n) is 5.79. The van der Waals surface area contributed by atoms with Gasteiger partial charge in [-0.05, 0) is 29.3 Å². The monoisotopic (exact) mass is 367 g/mol. The Morgan fingerprint density at radius 1 is 1.15 bits per heavy atom. The standard InChI is InChI=1S/C19H14ClN3O3/c20-15-5-2-1-4-14(15)12-23-11-13(10-21-23)8-17(24)16-9-19(26-22-16)18-6-3-7-25-18/h1-7,9-11H,8,12H2.